The Balaban J connectivity index is 2.02. The number of aromatic nitrogens is 1. The fourth-order valence-corrected chi connectivity index (χ4v) is 2.47. The number of hydrogen-bond donors (Lipinski definition) is 2. The van der Waals surface area contributed by atoms with Crippen molar-refractivity contribution < 1.29 is 9.90 Å². The summed E-state index contributed by atoms with van der Waals surface area (Å²) in [6.45, 7) is 4.34. The molecule has 1 aromatic heterocycles. The van der Waals surface area contributed by atoms with Gasteiger partial charge in [-0.15, -0.1) is 0 Å². The lowest BCUT2D eigenvalue weighted by Gasteiger charge is -2.27. The van der Waals surface area contributed by atoms with E-state index in [4.69, 9.17) is 5.11 Å². The zero-order valence-electron chi connectivity index (χ0n) is 10.0. The van der Waals surface area contributed by atoms with Crippen LogP contribution in [0.1, 0.15) is 29.3 Å². The van der Waals surface area contributed by atoms with E-state index in [-0.39, 0.29) is 5.56 Å². The van der Waals surface area contributed by atoms with Gasteiger partial charge in [0, 0.05) is 12.4 Å². The monoisotopic (exact) mass is 234 g/mol. The molecule has 0 radical (unpaired) electrons. The Bertz CT molecular complexity index is 406. The maximum Gasteiger partial charge on any atom is 0.337 e. The van der Waals surface area contributed by atoms with Crippen molar-refractivity contribution in [1.82, 2.24) is 10.3 Å². The Morgan fingerprint density at radius 1 is 1.53 bits per heavy atom. The van der Waals surface area contributed by atoms with Gasteiger partial charge < -0.3 is 10.4 Å². The molecule has 0 bridgehead atoms. The second-order valence-electron chi connectivity index (χ2n) is 4.96. The van der Waals surface area contributed by atoms with E-state index in [9.17, 15) is 4.79 Å². The molecule has 2 rings (SSSR count). The van der Waals surface area contributed by atoms with Crippen molar-refractivity contribution in [1.29, 1.82) is 0 Å². The predicted molar refractivity (Wildman–Crippen MR) is 65.0 cm³/mol. The molecule has 1 fully saturated rings. The second-order valence-corrected chi connectivity index (χ2v) is 4.96. The largest absolute Gasteiger partial charge is 0.478 e. The molecular formula is C13H18N2O2. The van der Waals surface area contributed by atoms with Gasteiger partial charge >= 0.3 is 5.97 Å². The third-order valence-electron chi connectivity index (χ3n) is 3.23. The third kappa shape index (κ3) is 3.27. The lowest BCUT2D eigenvalue weighted by atomic mass is 9.87. The Labute approximate surface area is 101 Å². The van der Waals surface area contributed by atoms with E-state index < -0.39 is 5.97 Å². The summed E-state index contributed by atoms with van der Waals surface area (Å²) < 4.78 is 0. The summed E-state index contributed by atoms with van der Waals surface area (Å²) in [7, 11) is 0. The summed E-state index contributed by atoms with van der Waals surface area (Å²) in [4.78, 5) is 14.8. The van der Waals surface area contributed by atoms with Crippen LogP contribution in [0.3, 0.4) is 0 Å². The molecule has 4 heteroatoms. The first-order chi connectivity index (χ1) is 8.15. The van der Waals surface area contributed by atoms with Crippen LogP contribution in [0.25, 0.3) is 0 Å². The van der Waals surface area contributed by atoms with E-state index in [1.54, 1.807) is 12.3 Å². The zero-order chi connectivity index (χ0) is 12.3. The average Bonchev–Trinajstić information content (AvgIpc) is 2.29. The van der Waals surface area contributed by atoms with Crippen LogP contribution in [0.2, 0.25) is 0 Å². The number of aromatic carboxylic acids is 1. The summed E-state index contributed by atoms with van der Waals surface area (Å²) in [5.74, 6) is 0.378. The molecule has 1 unspecified atom stereocenters. The summed E-state index contributed by atoms with van der Waals surface area (Å²) in [6, 6.07) is 1.73. The van der Waals surface area contributed by atoms with Crippen molar-refractivity contribution in [3.63, 3.8) is 0 Å². The molecule has 1 aliphatic rings. The maximum absolute atomic E-state index is 10.8. The van der Waals surface area contributed by atoms with Gasteiger partial charge in [-0.1, -0.05) is 6.92 Å². The van der Waals surface area contributed by atoms with Crippen molar-refractivity contribution >= 4 is 5.97 Å². The number of carbonyl (C=O) groups is 1. The molecule has 17 heavy (non-hydrogen) atoms. The van der Waals surface area contributed by atoms with E-state index in [2.05, 4.69) is 17.2 Å². The van der Waals surface area contributed by atoms with Crippen LogP contribution < -0.4 is 5.32 Å². The van der Waals surface area contributed by atoms with Crippen molar-refractivity contribution in [3.05, 3.63) is 29.6 Å². The molecule has 2 N–H and O–H groups in total. The topological polar surface area (TPSA) is 62.2 Å². The molecule has 92 valence electrons. The first kappa shape index (κ1) is 12.0. The number of pyridine rings is 1. The number of carboxylic acid groups (broad SMARTS) is 1. The highest BCUT2D eigenvalue weighted by Gasteiger charge is 2.19. The Morgan fingerprint density at radius 3 is 3.06 bits per heavy atom. The van der Waals surface area contributed by atoms with Crippen molar-refractivity contribution in [2.24, 2.45) is 11.8 Å². The minimum atomic E-state index is -0.908. The van der Waals surface area contributed by atoms with Crippen molar-refractivity contribution in [3.8, 4) is 0 Å². The molecule has 2 atom stereocenters. The Kier molecular flexibility index (Phi) is 3.74. The quantitative estimate of drug-likeness (QED) is 0.833. The summed E-state index contributed by atoms with van der Waals surface area (Å²) in [5.41, 5.74) is 1.30. The van der Waals surface area contributed by atoms with E-state index >= 15 is 0 Å². The van der Waals surface area contributed by atoms with Crippen LogP contribution in [0, 0.1) is 11.8 Å². The molecule has 4 nitrogen and oxygen atoms in total. The Hall–Kier alpha value is -1.42. The standard InChI is InChI=1S/C13H18N2O2/c1-9-2-10(6-14-5-9)3-11-4-12(13(16)17)8-15-7-11/h4,7-10,14H,2-3,5-6H2,1H3,(H,16,17)/t9-,10?/m1/s1. The first-order valence-corrected chi connectivity index (χ1v) is 6.03. The van der Waals surface area contributed by atoms with Crippen LogP contribution >= 0.6 is 0 Å². The number of carboxylic acids is 1. The fraction of sp³-hybridized carbons (Fsp3) is 0.538. The smallest absolute Gasteiger partial charge is 0.337 e. The molecule has 0 aromatic carbocycles. The molecule has 2 heterocycles. The predicted octanol–water partition coefficient (Wildman–Crippen LogP) is 1.57. The lowest BCUT2D eigenvalue weighted by molar-refractivity contribution is 0.0696. The minimum Gasteiger partial charge on any atom is -0.478 e. The number of nitrogens with one attached hydrogen (secondary N) is 1. The molecule has 0 spiro atoms. The van der Waals surface area contributed by atoms with Crippen LogP contribution in [-0.2, 0) is 6.42 Å². The number of hydrogen-bond acceptors (Lipinski definition) is 3. The zero-order valence-corrected chi connectivity index (χ0v) is 10.0. The molecule has 1 saturated heterocycles. The van der Waals surface area contributed by atoms with E-state index in [1.807, 2.05) is 0 Å². The highest BCUT2D eigenvalue weighted by atomic mass is 16.4. The Morgan fingerprint density at radius 2 is 2.35 bits per heavy atom. The van der Waals surface area contributed by atoms with Gasteiger partial charge in [0.15, 0.2) is 0 Å². The normalized spacial score (nSPS) is 24.5. The van der Waals surface area contributed by atoms with Crippen LogP contribution in [0.4, 0.5) is 0 Å². The molecule has 1 aromatic rings. The van der Waals surface area contributed by atoms with Gasteiger partial charge in [-0.25, -0.2) is 4.79 Å². The minimum absolute atomic E-state index is 0.277. The summed E-state index contributed by atoms with van der Waals surface area (Å²) >= 11 is 0. The van der Waals surface area contributed by atoms with E-state index in [1.165, 1.54) is 12.6 Å². The van der Waals surface area contributed by atoms with Gasteiger partial charge in [0.1, 0.15) is 0 Å². The summed E-state index contributed by atoms with van der Waals surface area (Å²) in [6.07, 6.45) is 5.27. The fourth-order valence-electron chi connectivity index (χ4n) is 2.47. The second kappa shape index (κ2) is 5.27. The van der Waals surface area contributed by atoms with Gasteiger partial charge in [-0.2, -0.15) is 0 Å². The van der Waals surface area contributed by atoms with Gasteiger partial charge in [-0.05, 0) is 49.4 Å². The number of piperidine rings is 1. The highest BCUT2D eigenvalue weighted by Crippen LogP contribution is 2.20. The number of rotatable bonds is 3. The molecular weight excluding hydrogens is 216 g/mol. The summed E-state index contributed by atoms with van der Waals surface area (Å²) in [5, 5.41) is 12.3. The van der Waals surface area contributed by atoms with Crippen molar-refractivity contribution in [2.75, 3.05) is 13.1 Å². The van der Waals surface area contributed by atoms with Gasteiger partial charge in [0.25, 0.3) is 0 Å². The van der Waals surface area contributed by atoms with Crippen LogP contribution in [0.5, 0.6) is 0 Å². The van der Waals surface area contributed by atoms with Crippen LogP contribution in [-0.4, -0.2) is 29.1 Å². The average molecular weight is 234 g/mol. The van der Waals surface area contributed by atoms with E-state index in [0.29, 0.717) is 11.8 Å². The van der Waals surface area contributed by atoms with Gasteiger partial charge in [0.2, 0.25) is 0 Å². The first-order valence-electron chi connectivity index (χ1n) is 6.03. The molecule has 0 aliphatic carbocycles. The van der Waals surface area contributed by atoms with Crippen LogP contribution in [0.15, 0.2) is 18.5 Å². The third-order valence-corrected chi connectivity index (χ3v) is 3.23. The van der Waals surface area contributed by atoms with E-state index in [0.717, 1.165) is 25.1 Å². The molecule has 0 amide bonds. The maximum atomic E-state index is 10.8. The van der Waals surface area contributed by atoms with Gasteiger partial charge in [-0.3, -0.25) is 4.98 Å². The highest BCUT2D eigenvalue weighted by molar-refractivity contribution is 5.87. The molecule has 0 saturated carbocycles. The lowest BCUT2D eigenvalue weighted by Crippen LogP contribution is -2.35. The number of nitrogens with zero attached hydrogens (tertiary/aromatic N) is 1. The SMILES string of the molecule is C[C@H]1CNCC(Cc2cncc(C(=O)O)c2)C1. The van der Waals surface area contributed by atoms with Crippen molar-refractivity contribution in [2.45, 2.75) is 19.8 Å². The molecule has 1 aliphatic heterocycles. The van der Waals surface area contributed by atoms with Gasteiger partial charge in [0.05, 0.1) is 5.56 Å².